The van der Waals surface area contributed by atoms with Gasteiger partial charge in [-0.3, -0.25) is 4.98 Å². The minimum atomic E-state index is -0.345. The first-order chi connectivity index (χ1) is 14.7. The molecule has 0 radical (unpaired) electrons. The van der Waals surface area contributed by atoms with E-state index in [4.69, 9.17) is 14.1 Å². The van der Waals surface area contributed by atoms with Gasteiger partial charge in [-0.1, -0.05) is 41.3 Å². The number of pyridine rings is 1. The van der Waals surface area contributed by atoms with Crippen molar-refractivity contribution in [1.29, 1.82) is 0 Å². The fourth-order valence-corrected chi connectivity index (χ4v) is 4.75. The normalized spacial score (nSPS) is 11.0. The van der Waals surface area contributed by atoms with Gasteiger partial charge in [0.05, 0.1) is 36.2 Å². The first kappa shape index (κ1) is 20.4. The molecule has 1 aromatic carbocycles. The zero-order valence-corrected chi connectivity index (χ0v) is 18.2. The highest BCUT2D eigenvalue weighted by molar-refractivity contribution is 8.00. The van der Waals surface area contributed by atoms with E-state index in [1.165, 1.54) is 23.1 Å². The van der Waals surface area contributed by atoms with Crippen LogP contribution in [0.5, 0.6) is 0 Å². The molecule has 154 valence electrons. The van der Waals surface area contributed by atoms with Crippen molar-refractivity contribution in [2.24, 2.45) is 0 Å². The summed E-state index contributed by atoms with van der Waals surface area (Å²) in [6.07, 6.45) is 1.64. The van der Waals surface area contributed by atoms with E-state index in [0.29, 0.717) is 35.3 Å². The van der Waals surface area contributed by atoms with Gasteiger partial charge >= 0.3 is 5.97 Å². The molecular formula is C21H20N4O3S2. The molecule has 0 amide bonds. The third kappa shape index (κ3) is 4.47. The molecule has 3 aromatic heterocycles. The maximum Gasteiger partial charge on any atom is 0.340 e. The number of fused-ring (bicyclic) bond motifs is 1. The number of aryl methyl sites for hydroxylation is 1. The molecule has 0 atom stereocenters. The topological polar surface area (TPSA) is 90.1 Å². The van der Waals surface area contributed by atoms with Crippen LogP contribution in [0.2, 0.25) is 0 Å². The average molecular weight is 441 g/mol. The number of benzene rings is 1. The minimum absolute atomic E-state index is 0.318. The molecule has 0 spiro atoms. The number of esters is 1. The molecule has 0 saturated carbocycles. The number of nitrogens with zero attached hydrogens (tertiary/aromatic N) is 3. The van der Waals surface area contributed by atoms with E-state index in [1.807, 2.05) is 43.3 Å². The van der Waals surface area contributed by atoms with Crippen LogP contribution in [0.3, 0.4) is 0 Å². The van der Waals surface area contributed by atoms with Crippen LogP contribution < -0.4 is 5.32 Å². The summed E-state index contributed by atoms with van der Waals surface area (Å²) < 4.78 is 11.4. The lowest BCUT2D eigenvalue weighted by Crippen LogP contribution is -2.12. The molecule has 0 aliphatic rings. The van der Waals surface area contributed by atoms with Crippen LogP contribution in [0.1, 0.15) is 34.3 Å². The van der Waals surface area contributed by atoms with Crippen molar-refractivity contribution < 1.29 is 13.9 Å². The number of carbonyl (C=O) groups excluding carboxylic acids is 1. The predicted octanol–water partition coefficient (Wildman–Crippen LogP) is 5.07. The third-order valence-electron chi connectivity index (χ3n) is 4.44. The highest BCUT2D eigenvalue weighted by Crippen LogP contribution is 2.31. The van der Waals surface area contributed by atoms with E-state index < -0.39 is 0 Å². The number of anilines is 1. The number of carbonyl (C=O) groups is 1. The van der Waals surface area contributed by atoms with Crippen molar-refractivity contribution in [2.45, 2.75) is 30.5 Å². The largest absolute Gasteiger partial charge is 0.467 e. The first-order valence-electron chi connectivity index (χ1n) is 9.43. The Hall–Kier alpha value is -2.91. The molecule has 4 rings (SSSR count). The number of para-hydroxylation sites is 1. The number of nitrogens with one attached hydrogen (secondary N) is 1. The van der Waals surface area contributed by atoms with Crippen LogP contribution in [0.25, 0.3) is 10.9 Å². The summed E-state index contributed by atoms with van der Waals surface area (Å²) in [4.78, 5) is 17.4. The maximum absolute atomic E-state index is 12.6. The van der Waals surface area contributed by atoms with Gasteiger partial charge in [-0.2, -0.15) is 0 Å². The summed E-state index contributed by atoms with van der Waals surface area (Å²) in [7, 11) is 0. The van der Waals surface area contributed by atoms with Gasteiger partial charge in [0.1, 0.15) is 5.76 Å². The third-order valence-corrected chi connectivity index (χ3v) is 6.46. The van der Waals surface area contributed by atoms with Crippen molar-refractivity contribution in [2.75, 3.05) is 11.9 Å². The molecule has 3 heterocycles. The van der Waals surface area contributed by atoms with Gasteiger partial charge < -0.3 is 14.5 Å². The van der Waals surface area contributed by atoms with E-state index in [2.05, 4.69) is 15.5 Å². The van der Waals surface area contributed by atoms with Gasteiger partial charge in [-0.05, 0) is 37.6 Å². The van der Waals surface area contributed by atoms with Crippen molar-refractivity contribution >= 4 is 45.1 Å². The van der Waals surface area contributed by atoms with Gasteiger partial charge in [0, 0.05) is 11.1 Å². The van der Waals surface area contributed by atoms with E-state index in [-0.39, 0.29) is 5.97 Å². The SMILES string of the molecule is CCOC(=O)c1c(CSc2nnc(NCc3ccco3)s2)nc2ccccc2c1C. The number of furan rings is 1. The Morgan fingerprint density at radius 3 is 2.90 bits per heavy atom. The summed E-state index contributed by atoms with van der Waals surface area (Å²) in [5, 5.41) is 13.2. The van der Waals surface area contributed by atoms with E-state index in [1.54, 1.807) is 13.2 Å². The second kappa shape index (κ2) is 9.27. The second-order valence-corrected chi connectivity index (χ2v) is 8.59. The van der Waals surface area contributed by atoms with Crippen molar-refractivity contribution in [1.82, 2.24) is 15.2 Å². The van der Waals surface area contributed by atoms with Gasteiger partial charge in [0.15, 0.2) is 4.34 Å². The Bertz CT molecular complexity index is 1160. The molecule has 30 heavy (non-hydrogen) atoms. The Kier molecular flexibility index (Phi) is 6.29. The van der Waals surface area contributed by atoms with Gasteiger partial charge in [0.2, 0.25) is 5.13 Å². The molecule has 1 N–H and O–H groups in total. The molecular weight excluding hydrogens is 420 g/mol. The number of thioether (sulfide) groups is 1. The summed E-state index contributed by atoms with van der Waals surface area (Å²) in [5.41, 5.74) is 2.96. The number of hydrogen-bond donors (Lipinski definition) is 1. The van der Waals surface area contributed by atoms with Crippen LogP contribution in [-0.4, -0.2) is 27.8 Å². The molecule has 4 aromatic rings. The first-order valence-corrected chi connectivity index (χ1v) is 11.2. The van der Waals surface area contributed by atoms with Gasteiger partial charge in [-0.25, -0.2) is 4.79 Å². The smallest absolute Gasteiger partial charge is 0.340 e. The van der Waals surface area contributed by atoms with Crippen molar-refractivity contribution in [3.63, 3.8) is 0 Å². The standard InChI is InChI=1S/C21H20N4O3S2/c1-3-27-19(26)18-13(2)15-8-4-5-9-16(15)23-17(18)12-29-21-25-24-20(30-21)22-11-14-7-6-10-28-14/h4-10H,3,11-12H2,1-2H3,(H,22,24). The number of hydrogen-bond acceptors (Lipinski definition) is 9. The molecule has 0 aliphatic carbocycles. The van der Waals surface area contributed by atoms with Crippen LogP contribution >= 0.6 is 23.1 Å². The Labute approximate surface area is 181 Å². The Morgan fingerprint density at radius 1 is 1.23 bits per heavy atom. The van der Waals surface area contributed by atoms with Crippen molar-refractivity contribution in [3.8, 4) is 0 Å². The van der Waals surface area contributed by atoms with Crippen LogP contribution in [0, 0.1) is 6.92 Å². The van der Waals surface area contributed by atoms with Crippen LogP contribution in [-0.2, 0) is 17.0 Å². The lowest BCUT2D eigenvalue weighted by molar-refractivity contribution is 0.0524. The Morgan fingerprint density at radius 2 is 2.10 bits per heavy atom. The maximum atomic E-state index is 12.6. The van der Waals surface area contributed by atoms with E-state index in [0.717, 1.165) is 26.6 Å². The molecule has 9 heteroatoms. The van der Waals surface area contributed by atoms with Crippen LogP contribution in [0.4, 0.5) is 5.13 Å². The highest BCUT2D eigenvalue weighted by Gasteiger charge is 2.20. The average Bonchev–Trinajstić information content (AvgIpc) is 3.43. The summed E-state index contributed by atoms with van der Waals surface area (Å²) in [6.45, 7) is 4.60. The van der Waals surface area contributed by atoms with Gasteiger partial charge in [0.25, 0.3) is 0 Å². The lowest BCUT2D eigenvalue weighted by atomic mass is 10.0. The summed E-state index contributed by atoms with van der Waals surface area (Å²) >= 11 is 2.95. The Balaban J connectivity index is 1.53. The highest BCUT2D eigenvalue weighted by atomic mass is 32.2. The van der Waals surface area contributed by atoms with E-state index >= 15 is 0 Å². The molecule has 0 saturated heterocycles. The molecule has 7 nitrogen and oxygen atoms in total. The number of aromatic nitrogens is 3. The van der Waals surface area contributed by atoms with Crippen molar-refractivity contribution in [3.05, 3.63) is 65.2 Å². The minimum Gasteiger partial charge on any atom is -0.467 e. The van der Waals surface area contributed by atoms with Gasteiger partial charge in [-0.15, -0.1) is 10.2 Å². The molecule has 0 aliphatic heterocycles. The fraction of sp³-hybridized carbons (Fsp3) is 0.238. The molecule has 0 fully saturated rings. The lowest BCUT2D eigenvalue weighted by Gasteiger charge is -2.13. The zero-order valence-electron chi connectivity index (χ0n) is 16.5. The van der Waals surface area contributed by atoms with Crippen LogP contribution in [0.15, 0.2) is 51.4 Å². The second-order valence-electron chi connectivity index (χ2n) is 6.39. The predicted molar refractivity (Wildman–Crippen MR) is 118 cm³/mol. The monoisotopic (exact) mass is 440 g/mol. The quantitative estimate of drug-likeness (QED) is 0.300. The van der Waals surface area contributed by atoms with E-state index in [9.17, 15) is 4.79 Å². The zero-order chi connectivity index (χ0) is 20.9. The fourth-order valence-electron chi connectivity index (χ4n) is 3.06. The summed E-state index contributed by atoms with van der Waals surface area (Å²) in [5.74, 6) is 0.975. The molecule has 0 bridgehead atoms. The number of ether oxygens (including phenoxy) is 1. The molecule has 0 unspecified atom stereocenters. The summed E-state index contributed by atoms with van der Waals surface area (Å²) in [6, 6.07) is 11.6. The number of rotatable bonds is 8.